The molecule has 0 aromatic heterocycles. The molecule has 1 atom stereocenters. The van der Waals surface area contributed by atoms with Crippen LogP contribution < -0.4 is 14.8 Å². The predicted molar refractivity (Wildman–Crippen MR) is 85.5 cm³/mol. The second kappa shape index (κ2) is 7.20. The molecule has 24 heavy (non-hydrogen) atoms. The fourth-order valence-corrected chi connectivity index (χ4v) is 2.80. The van der Waals surface area contributed by atoms with Crippen LogP contribution in [-0.2, 0) is 9.59 Å². The lowest BCUT2D eigenvalue weighted by atomic mass is 10.1. The average molecular weight is 336 g/mol. The molecule has 8 nitrogen and oxygen atoms in total. The van der Waals surface area contributed by atoms with Crippen molar-refractivity contribution in [3.05, 3.63) is 17.7 Å². The van der Waals surface area contributed by atoms with E-state index < -0.39 is 17.9 Å². The van der Waals surface area contributed by atoms with Crippen molar-refractivity contribution < 1.29 is 29.0 Å². The Morgan fingerprint density at radius 1 is 1.25 bits per heavy atom. The van der Waals surface area contributed by atoms with Gasteiger partial charge in [0.15, 0.2) is 11.5 Å². The molecule has 1 saturated heterocycles. The number of amides is 2. The molecule has 2 N–H and O–H groups in total. The summed E-state index contributed by atoms with van der Waals surface area (Å²) in [6.45, 7) is 1.71. The molecule has 130 valence electrons. The van der Waals surface area contributed by atoms with Crippen molar-refractivity contribution in [2.75, 3.05) is 26.1 Å². The first kappa shape index (κ1) is 17.6. The zero-order valence-electron chi connectivity index (χ0n) is 13.8. The zero-order valence-corrected chi connectivity index (χ0v) is 13.8. The Kier molecular flexibility index (Phi) is 5.28. The fraction of sp³-hybridized carbons (Fsp3) is 0.438. The van der Waals surface area contributed by atoms with Crippen molar-refractivity contribution in [3.8, 4) is 11.5 Å². The van der Waals surface area contributed by atoms with Gasteiger partial charge in [0, 0.05) is 19.0 Å². The molecule has 0 saturated carbocycles. The molecule has 2 amide bonds. The summed E-state index contributed by atoms with van der Waals surface area (Å²) < 4.78 is 10.5. The predicted octanol–water partition coefficient (Wildman–Crippen LogP) is 1.35. The minimum Gasteiger partial charge on any atom is -0.493 e. The average Bonchev–Trinajstić information content (AvgIpc) is 3.02. The highest BCUT2D eigenvalue weighted by molar-refractivity contribution is 6.00. The van der Waals surface area contributed by atoms with Gasteiger partial charge in [-0.25, -0.2) is 4.79 Å². The number of anilines is 1. The molecule has 1 aromatic rings. The summed E-state index contributed by atoms with van der Waals surface area (Å²) >= 11 is 0. The van der Waals surface area contributed by atoms with Crippen LogP contribution in [0.25, 0.3) is 0 Å². The first-order chi connectivity index (χ1) is 11.4. The van der Waals surface area contributed by atoms with Gasteiger partial charge in [0.25, 0.3) is 5.91 Å². The number of hydrogen-bond donors (Lipinski definition) is 2. The number of methoxy groups -OCH3 is 2. The van der Waals surface area contributed by atoms with Crippen molar-refractivity contribution in [3.63, 3.8) is 0 Å². The number of nitrogens with one attached hydrogen (secondary N) is 1. The molecular formula is C16H20N2O6. The Hall–Kier alpha value is -2.77. The third-order valence-electron chi connectivity index (χ3n) is 3.84. The van der Waals surface area contributed by atoms with Crippen LogP contribution in [0.4, 0.5) is 5.69 Å². The van der Waals surface area contributed by atoms with Gasteiger partial charge in [0.1, 0.15) is 6.04 Å². The maximum atomic E-state index is 12.7. The monoisotopic (exact) mass is 336 g/mol. The molecule has 1 fully saturated rings. The highest BCUT2D eigenvalue weighted by atomic mass is 16.5. The molecule has 0 spiro atoms. The van der Waals surface area contributed by atoms with Gasteiger partial charge in [-0.15, -0.1) is 0 Å². The Morgan fingerprint density at radius 2 is 1.96 bits per heavy atom. The van der Waals surface area contributed by atoms with Gasteiger partial charge in [-0.05, 0) is 25.0 Å². The minimum atomic E-state index is -1.02. The van der Waals surface area contributed by atoms with Crippen molar-refractivity contribution >= 4 is 23.5 Å². The number of ether oxygens (including phenoxy) is 2. The van der Waals surface area contributed by atoms with Crippen molar-refractivity contribution in [1.82, 2.24) is 4.90 Å². The number of hydrogen-bond acceptors (Lipinski definition) is 5. The van der Waals surface area contributed by atoms with Crippen molar-refractivity contribution in [1.29, 1.82) is 0 Å². The van der Waals surface area contributed by atoms with E-state index in [-0.39, 0.29) is 17.2 Å². The quantitative estimate of drug-likeness (QED) is 0.841. The first-order valence-corrected chi connectivity index (χ1v) is 7.46. The van der Waals surface area contributed by atoms with E-state index in [0.29, 0.717) is 30.8 Å². The zero-order chi connectivity index (χ0) is 17.9. The van der Waals surface area contributed by atoms with Gasteiger partial charge in [-0.3, -0.25) is 9.59 Å². The smallest absolute Gasteiger partial charge is 0.326 e. The van der Waals surface area contributed by atoms with E-state index in [1.807, 2.05) is 0 Å². The van der Waals surface area contributed by atoms with Crippen molar-refractivity contribution in [2.24, 2.45) is 0 Å². The molecular weight excluding hydrogens is 316 g/mol. The Bertz CT molecular complexity index is 673. The summed E-state index contributed by atoms with van der Waals surface area (Å²) in [5, 5.41) is 11.8. The fourth-order valence-electron chi connectivity index (χ4n) is 2.80. The Morgan fingerprint density at radius 3 is 2.50 bits per heavy atom. The lowest BCUT2D eigenvalue weighted by Crippen LogP contribution is -2.40. The Balaban J connectivity index is 2.44. The van der Waals surface area contributed by atoms with Crippen LogP contribution in [0, 0.1) is 0 Å². The molecule has 1 heterocycles. The van der Waals surface area contributed by atoms with Gasteiger partial charge in [-0.1, -0.05) is 0 Å². The third-order valence-corrected chi connectivity index (χ3v) is 3.84. The van der Waals surface area contributed by atoms with Crippen LogP contribution in [0.5, 0.6) is 11.5 Å². The van der Waals surface area contributed by atoms with Gasteiger partial charge in [-0.2, -0.15) is 0 Å². The number of carboxylic acids is 1. The van der Waals surface area contributed by atoms with E-state index in [9.17, 15) is 19.5 Å². The lowest BCUT2D eigenvalue weighted by molar-refractivity contribution is -0.141. The SMILES string of the molecule is COc1cc(C(=O)N2CCC[C@@H]2C(=O)O)cc(NC(C)=O)c1OC. The molecule has 1 aliphatic heterocycles. The van der Waals surface area contributed by atoms with Crippen LogP contribution in [-0.4, -0.2) is 54.6 Å². The van der Waals surface area contributed by atoms with Crippen LogP contribution in [0.15, 0.2) is 12.1 Å². The van der Waals surface area contributed by atoms with E-state index >= 15 is 0 Å². The normalized spacial score (nSPS) is 16.6. The molecule has 1 aliphatic rings. The van der Waals surface area contributed by atoms with E-state index in [0.717, 1.165) is 0 Å². The highest BCUT2D eigenvalue weighted by Gasteiger charge is 2.35. The second-order valence-electron chi connectivity index (χ2n) is 5.44. The number of nitrogens with zero attached hydrogens (tertiary/aromatic N) is 1. The maximum absolute atomic E-state index is 12.7. The molecule has 0 aliphatic carbocycles. The van der Waals surface area contributed by atoms with Gasteiger partial charge in [0.05, 0.1) is 19.9 Å². The number of carboxylic acid groups (broad SMARTS) is 1. The maximum Gasteiger partial charge on any atom is 0.326 e. The third kappa shape index (κ3) is 3.42. The van der Waals surface area contributed by atoms with Gasteiger partial charge in [0.2, 0.25) is 5.91 Å². The van der Waals surface area contributed by atoms with Crippen molar-refractivity contribution in [2.45, 2.75) is 25.8 Å². The van der Waals surface area contributed by atoms with Gasteiger partial charge >= 0.3 is 5.97 Å². The standard InChI is InChI=1S/C16H20N2O6/c1-9(19)17-11-7-10(8-13(23-2)14(11)24-3)15(20)18-6-4-5-12(18)16(21)22/h7-8,12H,4-6H2,1-3H3,(H,17,19)(H,21,22)/t12-/m1/s1. The summed E-state index contributed by atoms with van der Waals surface area (Å²) in [6.07, 6.45) is 1.06. The summed E-state index contributed by atoms with van der Waals surface area (Å²) in [6, 6.07) is 2.10. The van der Waals surface area contributed by atoms with E-state index in [2.05, 4.69) is 5.32 Å². The lowest BCUT2D eigenvalue weighted by Gasteiger charge is -2.22. The number of carbonyl (C=O) groups is 3. The Labute approximate surface area is 139 Å². The van der Waals surface area contributed by atoms with Crippen LogP contribution in [0.3, 0.4) is 0 Å². The summed E-state index contributed by atoms with van der Waals surface area (Å²) in [4.78, 5) is 36.7. The molecule has 0 radical (unpaired) electrons. The largest absolute Gasteiger partial charge is 0.493 e. The van der Waals surface area contributed by atoms with Crippen LogP contribution in [0.2, 0.25) is 0 Å². The number of rotatable bonds is 5. The number of carbonyl (C=O) groups excluding carboxylic acids is 2. The summed E-state index contributed by atoms with van der Waals surface area (Å²) in [7, 11) is 2.84. The number of aliphatic carboxylic acids is 1. The molecule has 8 heteroatoms. The van der Waals surface area contributed by atoms with Crippen LogP contribution >= 0.6 is 0 Å². The van der Waals surface area contributed by atoms with E-state index in [1.54, 1.807) is 0 Å². The van der Waals surface area contributed by atoms with Gasteiger partial charge < -0.3 is 24.8 Å². The molecule has 1 aromatic carbocycles. The van der Waals surface area contributed by atoms with E-state index in [1.165, 1.54) is 38.2 Å². The molecule has 0 unspecified atom stereocenters. The van der Waals surface area contributed by atoms with E-state index in [4.69, 9.17) is 9.47 Å². The van der Waals surface area contributed by atoms with Crippen LogP contribution in [0.1, 0.15) is 30.1 Å². The second-order valence-corrected chi connectivity index (χ2v) is 5.44. The topological polar surface area (TPSA) is 105 Å². The number of likely N-dealkylation sites (tertiary alicyclic amines) is 1. The first-order valence-electron chi connectivity index (χ1n) is 7.46. The molecule has 0 bridgehead atoms. The highest BCUT2D eigenvalue weighted by Crippen LogP contribution is 2.37. The minimum absolute atomic E-state index is 0.226. The number of benzene rings is 1. The summed E-state index contributed by atoms with van der Waals surface area (Å²) in [5.41, 5.74) is 0.517. The summed E-state index contributed by atoms with van der Waals surface area (Å²) in [5.74, 6) is -1.21. The molecule has 2 rings (SSSR count).